The monoisotopic (exact) mass is 501 g/mol. The molecule has 3 fully saturated rings. The van der Waals surface area contributed by atoms with Gasteiger partial charge in [-0.15, -0.1) is 0 Å². The molecule has 0 amide bonds. The third-order valence-electron chi connectivity index (χ3n) is 11.6. The summed E-state index contributed by atoms with van der Waals surface area (Å²) in [5.74, 6) is 1.90. The van der Waals surface area contributed by atoms with Crippen molar-refractivity contribution < 1.29 is 19.7 Å². The Morgan fingerprint density at radius 3 is 2.47 bits per heavy atom. The maximum Gasteiger partial charge on any atom is 0.355 e. The summed E-state index contributed by atoms with van der Waals surface area (Å²) in [6, 6.07) is 0. The van der Waals surface area contributed by atoms with Crippen LogP contribution in [0.25, 0.3) is 0 Å². The third kappa shape index (κ3) is 4.40. The van der Waals surface area contributed by atoms with Gasteiger partial charge in [0.25, 0.3) is 0 Å². The molecule has 36 heavy (non-hydrogen) atoms. The lowest BCUT2D eigenvalue weighted by Gasteiger charge is -2.64. The average Bonchev–Trinajstić information content (AvgIpc) is 3.15. The van der Waals surface area contributed by atoms with E-state index in [9.17, 15) is 15.0 Å². The van der Waals surface area contributed by atoms with E-state index in [4.69, 9.17) is 10.1 Å². The molecule has 0 aromatic heterocycles. The SMILES string of the molecule is CCOC(=O)C(=N)C1(O)CC[C@@]2(C)C(=CC[C@@]3(C)[C@@H]4CC[C@H]([C@H](C)CCC(C)(C)O)[C@@]4(C)CC[C@@H]32)C1. The number of carbonyl (C=O) groups is 1. The summed E-state index contributed by atoms with van der Waals surface area (Å²) in [6.07, 6.45) is 12.0. The molecule has 0 aromatic carbocycles. The molecular formula is C31H51NO4. The van der Waals surface area contributed by atoms with Gasteiger partial charge in [-0.2, -0.15) is 0 Å². The fraction of sp³-hybridized carbons (Fsp3) is 0.871. The van der Waals surface area contributed by atoms with Crippen LogP contribution in [0.3, 0.4) is 0 Å². The highest BCUT2D eigenvalue weighted by atomic mass is 16.5. The molecule has 1 unspecified atom stereocenters. The number of allylic oxidation sites excluding steroid dienone is 1. The molecule has 8 atom stereocenters. The minimum Gasteiger partial charge on any atom is -0.461 e. The molecular weight excluding hydrogens is 450 g/mol. The number of esters is 1. The Morgan fingerprint density at radius 1 is 1.14 bits per heavy atom. The van der Waals surface area contributed by atoms with E-state index in [1.807, 2.05) is 13.8 Å². The first-order valence-electron chi connectivity index (χ1n) is 14.5. The van der Waals surface area contributed by atoms with Crippen LogP contribution in [0.2, 0.25) is 0 Å². The highest BCUT2D eigenvalue weighted by Crippen LogP contribution is 2.72. The summed E-state index contributed by atoms with van der Waals surface area (Å²) in [7, 11) is 0. The molecule has 5 nitrogen and oxygen atoms in total. The number of carbonyl (C=O) groups excluding carboxylic acids is 1. The van der Waals surface area contributed by atoms with Gasteiger partial charge in [0.1, 0.15) is 11.3 Å². The van der Waals surface area contributed by atoms with E-state index < -0.39 is 17.2 Å². The Bertz CT molecular complexity index is 920. The first kappa shape index (κ1) is 27.8. The maximum absolute atomic E-state index is 12.3. The minimum absolute atomic E-state index is 0.0140. The van der Waals surface area contributed by atoms with Crippen LogP contribution in [0.15, 0.2) is 11.6 Å². The molecule has 0 bridgehead atoms. The van der Waals surface area contributed by atoms with Crippen LogP contribution in [-0.4, -0.2) is 39.7 Å². The van der Waals surface area contributed by atoms with Crippen molar-refractivity contribution in [3.63, 3.8) is 0 Å². The second-order valence-corrected chi connectivity index (χ2v) is 14.3. The van der Waals surface area contributed by atoms with E-state index in [2.05, 4.69) is 33.8 Å². The van der Waals surface area contributed by atoms with E-state index in [1.54, 1.807) is 6.92 Å². The first-order valence-corrected chi connectivity index (χ1v) is 14.5. The van der Waals surface area contributed by atoms with Gasteiger partial charge in [0.2, 0.25) is 0 Å². The maximum atomic E-state index is 12.3. The zero-order valence-electron chi connectivity index (χ0n) is 23.9. The van der Waals surface area contributed by atoms with Gasteiger partial charge in [-0.3, -0.25) is 5.41 Å². The summed E-state index contributed by atoms with van der Waals surface area (Å²) in [4.78, 5) is 12.3. The molecule has 0 aliphatic heterocycles. The molecule has 0 radical (unpaired) electrons. The molecule has 0 aromatic rings. The van der Waals surface area contributed by atoms with Crippen LogP contribution in [0, 0.1) is 45.3 Å². The summed E-state index contributed by atoms with van der Waals surface area (Å²) in [6.45, 7) is 15.7. The molecule has 4 aliphatic rings. The predicted octanol–water partition coefficient (Wildman–Crippen LogP) is 6.46. The molecule has 4 aliphatic carbocycles. The number of fused-ring (bicyclic) bond motifs is 5. The van der Waals surface area contributed by atoms with E-state index in [0.717, 1.165) is 25.7 Å². The number of hydrogen-bond donors (Lipinski definition) is 3. The highest BCUT2D eigenvalue weighted by molar-refractivity contribution is 6.38. The summed E-state index contributed by atoms with van der Waals surface area (Å²) >= 11 is 0. The van der Waals surface area contributed by atoms with Gasteiger partial charge in [-0.25, -0.2) is 4.79 Å². The Kier molecular flexibility index (Phi) is 7.13. The van der Waals surface area contributed by atoms with Crippen LogP contribution in [-0.2, 0) is 9.53 Å². The van der Waals surface area contributed by atoms with Gasteiger partial charge in [0.15, 0.2) is 0 Å². The summed E-state index contributed by atoms with van der Waals surface area (Å²) < 4.78 is 5.05. The standard InChI is InChI=1S/C31H51NO4/c1-8-36-26(33)25(32)31(35)18-17-28(5)21(19-31)12-15-30(7)23-10-9-22(20(2)11-14-27(3,4)34)29(23,6)16-13-24(28)30/h12,20,22-24,32,34-35H,8-11,13-19H2,1-7H3/t20-,22-,23-,24-,28+,29-,30+,31?/m1/s1. The molecule has 0 heterocycles. The second kappa shape index (κ2) is 9.22. The molecule has 5 heteroatoms. The summed E-state index contributed by atoms with van der Waals surface area (Å²) in [5.41, 5.74) is -0.445. The molecule has 0 saturated heterocycles. The van der Waals surface area contributed by atoms with Crippen molar-refractivity contribution in [3.8, 4) is 0 Å². The number of aliphatic hydroxyl groups is 2. The topological polar surface area (TPSA) is 90.6 Å². The van der Waals surface area contributed by atoms with Gasteiger partial charge < -0.3 is 14.9 Å². The van der Waals surface area contributed by atoms with Crippen molar-refractivity contribution in [3.05, 3.63) is 11.6 Å². The van der Waals surface area contributed by atoms with E-state index in [1.165, 1.54) is 31.3 Å². The lowest BCUT2D eigenvalue weighted by Crippen LogP contribution is -2.58. The molecule has 204 valence electrons. The molecule has 0 spiro atoms. The largest absolute Gasteiger partial charge is 0.461 e. The van der Waals surface area contributed by atoms with Crippen molar-refractivity contribution in [2.24, 2.45) is 39.9 Å². The zero-order valence-corrected chi connectivity index (χ0v) is 23.9. The van der Waals surface area contributed by atoms with E-state index in [-0.39, 0.29) is 23.1 Å². The van der Waals surface area contributed by atoms with Gasteiger partial charge in [0.05, 0.1) is 12.2 Å². The molecule has 4 rings (SSSR count). The van der Waals surface area contributed by atoms with Crippen molar-refractivity contribution in [1.29, 1.82) is 5.41 Å². The predicted molar refractivity (Wildman–Crippen MR) is 144 cm³/mol. The van der Waals surface area contributed by atoms with Crippen LogP contribution in [0.1, 0.15) is 113 Å². The Morgan fingerprint density at radius 2 is 1.83 bits per heavy atom. The highest BCUT2D eigenvalue weighted by Gasteiger charge is 2.65. The minimum atomic E-state index is -1.41. The quantitative estimate of drug-likeness (QED) is 0.212. The Hall–Kier alpha value is -1.20. The Labute approximate surface area is 219 Å². The fourth-order valence-electron chi connectivity index (χ4n) is 9.67. The Balaban J connectivity index is 1.56. The first-order chi connectivity index (χ1) is 16.6. The normalized spacial score (nSPS) is 43.0. The van der Waals surface area contributed by atoms with Crippen LogP contribution >= 0.6 is 0 Å². The van der Waals surface area contributed by atoms with E-state index in [0.29, 0.717) is 41.9 Å². The fourth-order valence-corrected chi connectivity index (χ4v) is 9.67. The average molecular weight is 502 g/mol. The lowest BCUT2D eigenvalue weighted by atomic mass is 9.41. The zero-order chi connectivity index (χ0) is 26.7. The van der Waals surface area contributed by atoms with Gasteiger partial charge in [0, 0.05) is 6.42 Å². The summed E-state index contributed by atoms with van der Waals surface area (Å²) in [5, 5.41) is 30.0. The molecule has 3 N–H and O–H groups in total. The van der Waals surface area contributed by atoms with Crippen molar-refractivity contribution in [1.82, 2.24) is 0 Å². The van der Waals surface area contributed by atoms with Crippen molar-refractivity contribution in [2.75, 3.05) is 6.61 Å². The van der Waals surface area contributed by atoms with Crippen molar-refractivity contribution >= 4 is 11.7 Å². The van der Waals surface area contributed by atoms with Crippen LogP contribution in [0.5, 0.6) is 0 Å². The second-order valence-electron chi connectivity index (χ2n) is 14.3. The number of rotatable bonds is 7. The van der Waals surface area contributed by atoms with Crippen LogP contribution in [0.4, 0.5) is 0 Å². The number of hydrogen-bond acceptors (Lipinski definition) is 5. The smallest absolute Gasteiger partial charge is 0.355 e. The number of nitrogens with one attached hydrogen (secondary N) is 1. The van der Waals surface area contributed by atoms with Gasteiger partial charge in [-0.1, -0.05) is 39.3 Å². The van der Waals surface area contributed by atoms with Gasteiger partial charge in [-0.05, 0) is 118 Å². The van der Waals surface area contributed by atoms with Crippen molar-refractivity contribution in [2.45, 2.75) is 124 Å². The van der Waals surface area contributed by atoms with E-state index >= 15 is 0 Å². The third-order valence-corrected chi connectivity index (χ3v) is 11.6. The molecule has 3 saturated carbocycles. The van der Waals surface area contributed by atoms with Gasteiger partial charge >= 0.3 is 5.97 Å². The lowest BCUT2D eigenvalue weighted by molar-refractivity contribution is -0.137. The van der Waals surface area contributed by atoms with Crippen LogP contribution < -0.4 is 0 Å². The number of ether oxygens (including phenoxy) is 1.